The minimum Gasteiger partial charge on any atom is -0.493 e. The summed E-state index contributed by atoms with van der Waals surface area (Å²) in [6.07, 6.45) is 2.90. The summed E-state index contributed by atoms with van der Waals surface area (Å²) >= 11 is 0. The number of methoxy groups -OCH3 is 2. The van der Waals surface area contributed by atoms with Crippen LogP contribution in [0.4, 0.5) is 0 Å². The Balaban J connectivity index is 1.34. The van der Waals surface area contributed by atoms with E-state index in [1.807, 2.05) is 29.2 Å². The lowest BCUT2D eigenvalue weighted by Crippen LogP contribution is -2.45. The summed E-state index contributed by atoms with van der Waals surface area (Å²) in [5.74, 6) is -0.314. The summed E-state index contributed by atoms with van der Waals surface area (Å²) < 4.78 is 10.5. The molecule has 0 radical (unpaired) electrons. The SMILES string of the molecule is C=C(CNC(=O)c1ccnc2ccccc12)N1CCCC1C(=O)C(=O)NCc1ccc(OC)c(OC)c1. The first-order valence-electron chi connectivity index (χ1n) is 12.0. The van der Waals surface area contributed by atoms with Crippen LogP contribution in [-0.4, -0.2) is 60.8 Å². The average Bonchev–Trinajstić information content (AvgIpc) is 3.43. The molecule has 192 valence electrons. The zero-order chi connectivity index (χ0) is 26.4. The van der Waals surface area contributed by atoms with Crippen molar-refractivity contribution < 1.29 is 23.9 Å². The van der Waals surface area contributed by atoms with Gasteiger partial charge >= 0.3 is 0 Å². The molecule has 1 aliphatic rings. The number of nitrogens with one attached hydrogen (secondary N) is 2. The molecule has 0 spiro atoms. The van der Waals surface area contributed by atoms with Gasteiger partial charge in [0.2, 0.25) is 5.78 Å². The van der Waals surface area contributed by atoms with Crippen molar-refractivity contribution in [3.05, 3.63) is 78.1 Å². The van der Waals surface area contributed by atoms with Crippen LogP contribution >= 0.6 is 0 Å². The molecule has 2 amide bonds. The number of hydrogen-bond acceptors (Lipinski definition) is 7. The topological polar surface area (TPSA) is 110 Å². The second-order valence-corrected chi connectivity index (χ2v) is 8.71. The minimum absolute atomic E-state index is 0.159. The molecule has 3 aromatic rings. The quantitative estimate of drug-likeness (QED) is 0.410. The smallest absolute Gasteiger partial charge is 0.289 e. The Hall–Kier alpha value is -4.40. The van der Waals surface area contributed by atoms with Crippen LogP contribution in [0.15, 0.2) is 67.0 Å². The molecule has 1 unspecified atom stereocenters. The zero-order valence-corrected chi connectivity index (χ0v) is 21.0. The molecule has 1 fully saturated rings. The number of Topliss-reactive ketones (excluding diaryl/α,β-unsaturated/α-hetero) is 1. The fourth-order valence-corrected chi connectivity index (χ4v) is 4.50. The van der Waals surface area contributed by atoms with Crippen LogP contribution in [0.2, 0.25) is 0 Å². The van der Waals surface area contributed by atoms with Crippen molar-refractivity contribution in [3.63, 3.8) is 0 Å². The molecule has 2 aromatic carbocycles. The van der Waals surface area contributed by atoms with Gasteiger partial charge in [-0.05, 0) is 42.7 Å². The van der Waals surface area contributed by atoms with Gasteiger partial charge in [-0.3, -0.25) is 19.4 Å². The van der Waals surface area contributed by atoms with E-state index in [0.29, 0.717) is 35.7 Å². The largest absolute Gasteiger partial charge is 0.493 e. The Morgan fingerprint density at radius 2 is 1.84 bits per heavy atom. The van der Waals surface area contributed by atoms with Crippen LogP contribution in [0, 0.1) is 0 Å². The van der Waals surface area contributed by atoms with Crippen LogP contribution in [-0.2, 0) is 16.1 Å². The number of nitrogens with zero attached hydrogens (tertiary/aromatic N) is 2. The molecule has 1 saturated heterocycles. The lowest BCUT2D eigenvalue weighted by atomic mass is 10.1. The number of carbonyl (C=O) groups is 3. The predicted octanol–water partition coefficient (Wildman–Crippen LogP) is 2.85. The van der Waals surface area contributed by atoms with E-state index in [4.69, 9.17) is 9.47 Å². The van der Waals surface area contributed by atoms with Gasteiger partial charge in [0.15, 0.2) is 11.5 Å². The van der Waals surface area contributed by atoms with Gasteiger partial charge in [-0.2, -0.15) is 0 Å². The Labute approximate surface area is 215 Å². The summed E-state index contributed by atoms with van der Waals surface area (Å²) in [7, 11) is 3.08. The molecule has 0 bridgehead atoms. The number of aromatic nitrogens is 1. The number of ether oxygens (including phenoxy) is 2. The van der Waals surface area contributed by atoms with E-state index in [1.165, 1.54) is 7.11 Å². The Morgan fingerprint density at radius 1 is 1.05 bits per heavy atom. The van der Waals surface area contributed by atoms with E-state index in [2.05, 4.69) is 22.2 Å². The van der Waals surface area contributed by atoms with Crippen LogP contribution < -0.4 is 20.1 Å². The first kappa shape index (κ1) is 25.7. The third kappa shape index (κ3) is 5.72. The van der Waals surface area contributed by atoms with E-state index in [0.717, 1.165) is 22.9 Å². The maximum atomic E-state index is 13.0. The molecule has 2 N–H and O–H groups in total. The lowest BCUT2D eigenvalue weighted by molar-refractivity contribution is -0.140. The van der Waals surface area contributed by atoms with Crippen LogP contribution in [0.1, 0.15) is 28.8 Å². The van der Waals surface area contributed by atoms with Crippen molar-refractivity contribution in [1.29, 1.82) is 0 Å². The number of amides is 2. The van der Waals surface area contributed by atoms with Gasteiger partial charge in [0, 0.05) is 30.4 Å². The van der Waals surface area contributed by atoms with Gasteiger partial charge in [-0.1, -0.05) is 30.8 Å². The van der Waals surface area contributed by atoms with Gasteiger partial charge in [0.05, 0.1) is 37.9 Å². The molecular formula is C28H30N4O5. The first-order chi connectivity index (χ1) is 17.9. The minimum atomic E-state index is -0.660. The van der Waals surface area contributed by atoms with E-state index >= 15 is 0 Å². The number of hydrogen-bond donors (Lipinski definition) is 2. The first-order valence-corrected chi connectivity index (χ1v) is 12.0. The summed E-state index contributed by atoms with van der Waals surface area (Å²) in [4.78, 5) is 44.6. The average molecular weight is 503 g/mol. The van der Waals surface area contributed by atoms with Gasteiger partial charge < -0.3 is 25.0 Å². The normalized spacial score (nSPS) is 14.8. The number of benzene rings is 2. The molecule has 4 rings (SSSR count). The van der Waals surface area contributed by atoms with Crippen molar-refractivity contribution in [2.24, 2.45) is 0 Å². The van der Waals surface area contributed by atoms with Gasteiger partial charge in [0.1, 0.15) is 0 Å². The highest BCUT2D eigenvalue weighted by atomic mass is 16.5. The van der Waals surface area contributed by atoms with E-state index in [9.17, 15) is 14.4 Å². The fraction of sp³-hybridized carbons (Fsp3) is 0.286. The highest BCUT2D eigenvalue weighted by Crippen LogP contribution is 2.27. The van der Waals surface area contributed by atoms with E-state index < -0.39 is 17.7 Å². The molecule has 1 aromatic heterocycles. The number of pyridine rings is 1. The second kappa shape index (κ2) is 11.6. The molecule has 9 nitrogen and oxygen atoms in total. The number of likely N-dealkylation sites (tertiary alicyclic amines) is 1. The highest BCUT2D eigenvalue weighted by molar-refractivity contribution is 6.38. The van der Waals surface area contributed by atoms with Crippen LogP contribution in [0.25, 0.3) is 10.9 Å². The summed E-state index contributed by atoms with van der Waals surface area (Å²) in [5.41, 5.74) is 2.60. The van der Waals surface area contributed by atoms with Gasteiger partial charge in [-0.15, -0.1) is 0 Å². The van der Waals surface area contributed by atoms with Crippen molar-refractivity contribution in [3.8, 4) is 11.5 Å². The molecule has 37 heavy (non-hydrogen) atoms. The third-order valence-corrected chi connectivity index (χ3v) is 6.43. The Bertz CT molecular complexity index is 1330. The van der Waals surface area contributed by atoms with Crippen molar-refractivity contribution in [2.75, 3.05) is 27.3 Å². The maximum Gasteiger partial charge on any atom is 0.289 e. The second-order valence-electron chi connectivity index (χ2n) is 8.71. The number of rotatable bonds is 10. The van der Waals surface area contributed by atoms with Crippen LogP contribution in [0.5, 0.6) is 11.5 Å². The maximum absolute atomic E-state index is 13.0. The summed E-state index contributed by atoms with van der Waals surface area (Å²) in [5, 5.41) is 6.34. The zero-order valence-electron chi connectivity index (χ0n) is 21.0. The summed E-state index contributed by atoms with van der Waals surface area (Å²) in [6.45, 7) is 5.00. The fourth-order valence-electron chi connectivity index (χ4n) is 4.50. The van der Waals surface area contributed by atoms with Gasteiger partial charge in [0.25, 0.3) is 11.8 Å². The molecule has 0 aliphatic carbocycles. The standard InChI is InChI=1S/C28H30N4O5/c1-18(16-30-27(34)21-12-13-29-22-8-5-4-7-20(21)22)32-14-6-9-23(32)26(33)28(35)31-17-19-10-11-24(36-2)25(15-19)37-3/h4-5,7-8,10-13,15,23H,1,6,9,14,16-17H2,2-3H3,(H,30,34)(H,31,35). The van der Waals surface area contributed by atoms with Crippen molar-refractivity contribution in [1.82, 2.24) is 20.5 Å². The Morgan fingerprint density at radius 3 is 2.62 bits per heavy atom. The monoisotopic (exact) mass is 502 g/mol. The number of carbonyl (C=O) groups excluding carboxylic acids is 3. The van der Waals surface area contributed by atoms with Crippen LogP contribution in [0.3, 0.4) is 0 Å². The summed E-state index contributed by atoms with van der Waals surface area (Å²) in [6, 6.07) is 13.8. The highest BCUT2D eigenvalue weighted by Gasteiger charge is 2.35. The molecule has 1 aliphatic heterocycles. The molecule has 1 atom stereocenters. The lowest BCUT2D eigenvalue weighted by Gasteiger charge is -2.27. The van der Waals surface area contributed by atoms with Crippen molar-refractivity contribution >= 4 is 28.5 Å². The molecular weight excluding hydrogens is 472 g/mol. The molecule has 2 heterocycles. The van der Waals surface area contributed by atoms with Gasteiger partial charge in [-0.25, -0.2) is 0 Å². The predicted molar refractivity (Wildman–Crippen MR) is 139 cm³/mol. The Kier molecular flexibility index (Phi) is 8.02. The molecule has 0 saturated carbocycles. The molecule has 9 heteroatoms. The third-order valence-electron chi connectivity index (χ3n) is 6.43. The number of para-hydroxylation sites is 1. The van der Waals surface area contributed by atoms with E-state index in [-0.39, 0.29) is 19.0 Å². The van der Waals surface area contributed by atoms with E-state index in [1.54, 1.807) is 37.6 Å². The van der Waals surface area contributed by atoms with Crippen molar-refractivity contribution in [2.45, 2.75) is 25.4 Å². The number of fused-ring (bicyclic) bond motifs is 1. The number of ketones is 1.